The molecule has 0 bridgehead atoms. The molecule has 4 aromatic rings. The summed E-state index contributed by atoms with van der Waals surface area (Å²) in [4.78, 5) is 4.70. The van der Waals surface area contributed by atoms with Crippen LogP contribution < -0.4 is 4.74 Å². The van der Waals surface area contributed by atoms with Crippen molar-refractivity contribution in [3.05, 3.63) is 78.6 Å². The standard InChI is InChI=1S/C22H21FN4O/c1-15(18-12-25-26(2)13-18)27-14-24-21(16-7-5-4-6-8-16)22(27)17-9-10-19(23)20(11-17)28-3/h4-15H,1-3H3. The maximum Gasteiger partial charge on any atom is 0.165 e. The van der Waals surface area contributed by atoms with Crippen LogP contribution in [0.25, 0.3) is 22.5 Å². The first kappa shape index (κ1) is 18.0. The van der Waals surface area contributed by atoms with Gasteiger partial charge in [-0.2, -0.15) is 5.10 Å². The molecule has 0 fully saturated rings. The smallest absolute Gasteiger partial charge is 0.165 e. The number of ether oxygens (including phenoxy) is 1. The normalized spacial score (nSPS) is 12.1. The summed E-state index contributed by atoms with van der Waals surface area (Å²) in [6.45, 7) is 2.09. The highest BCUT2D eigenvalue weighted by atomic mass is 19.1. The fraction of sp³-hybridized carbons (Fsp3) is 0.182. The first-order valence-corrected chi connectivity index (χ1v) is 9.03. The van der Waals surface area contributed by atoms with Crippen molar-refractivity contribution < 1.29 is 9.13 Å². The minimum absolute atomic E-state index is 0.00436. The third kappa shape index (κ3) is 3.17. The summed E-state index contributed by atoms with van der Waals surface area (Å²) in [7, 11) is 3.36. The van der Waals surface area contributed by atoms with E-state index in [0.717, 1.165) is 28.1 Å². The van der Waals surface area contributed by atoms with Crippen LogP contribution in [0.15, 0.2) is 67.3 Å². The van der Waals surface area contributed by atoms with Crippen molar-refractivity contribution >= 4 is 0 Å². The summed E-state index contributed by atoms with van der Waals surface area (Å²) in [5, 5.41) is 4.28. The van der Waals surface area contributed by atoms with E-state index in [0.29, 0.717) is 0 Å². The highest BCUT2D eigenvalue weighted by Crippen LogP contribution is 2.36. The molecule has 0 N–H and O–H groups in total. The van der Waals surface area contributed by atoms with Crippen molar-refractivity contribution in [1.29, 1.82) is 0 Å². The number of benzene rings is 2. The first-order valence-electron chi connectivity index (χ1n) is 9.03. The quantitative estimate of drug-likeness (QED) is 0.507. The van der Waals surface area contributed by atoms with E-state index < -0.39 is 0 Å². The summed E-state index contributed by atoms with van der Waals surface area (Å²) < 4.78 is 23.1. The summed E-state index contributed by atoms with van der Waals surface area (Å²) >= 11 is 0. The number of aromatic nitrogens is 4. The van der Waals surface area contributed by atoms with Crippen LogP contribution in [0.4, 0.5) is 4.39 Å². The molecule has 2 heterocycles. The fourth-order valence-electron chi connectivity index (χ4n) is 3.37. The van der Waals surface area contributed by atoms with Gasteiger partial charge in [-0.05, 0) is 25.1 Å². The number of hydrogen-bond acceptors (Lipinski definition) is 3. The third-order valence-electron chi connectivity index (χ3n) is 4.89. The molecule has 0 saturated carbocycles. The predicted molar refractivity (Wildman–Crippen MR) is 107 cm³/mol. The number of imidazole rings is 1. The van der Waals surface area contributed by atoms with Crippen molar-refractivity contribution in [3.63, 3.8) is 0 Å². The molecular weight excluding hydrogens is 355 g/mol. The third-order valence-corrected chi connectivity index (χ3v) is 4.89. The minimum Gasteiger partial charge on any atom is -0.494 e. The van der Waals surface area contributed by atoms with Gasteiger partial charge >= 0.3 is 0 Å². The van der Waals surface area contributed by atoms with Crippen molar-refractivity contribution in [2.75, 3.05) is 7.11 Å². The molecule has 1 atom stereocenters. The fourth-order valence-corrected chi connectivity index (χ4v) is 3.37. The van der Waals surface area contributed by atoms with Crippen LogP contribution in [0, 0.1) is 5.82 Å². The molecule has 2 aromatic heterocycles. The first-order chi connectivity index (χ1) is 13.6. The Morgan fingerprint density at radius 1 is 1.07 bits per heavy atom. The number of aryl methyl sites for hydroxylation is 1. The molecule has 0 spiro atoms. The predicted octanol–water partition coefficient (Wildman–Crippen LogP) is 4.71. The Bertz CT molecular complexity index is 1100. The molecule has 0 aliphatic rings. The van der Waals surface area contributed by atoms with Gasteiger partial charge in [-0.15, -0.1) is 0 Å². The molecule has 0 saturated heterocycles. The summed E-state index contributed by atoms with van der Waals surface area (Å²) in [5.74, 6) is -0.183. The molecule has 1 unspecified atom stereocenters. The summed E-state index contributed by atoms with van der Waals surface area (Å²) in [6, 6.07) is 14.9. The van der Waals surface area contributed by atoms with Crippen LogP contribution in [0.5, 0.6) is 5.75 Å². The average Bonchev–Trinajstić information content (AvgIpc) is 3.35. The monoisotopic (exact) mass is 376 g/mol. The maximum absolute atomic E-state index is 14.0. The van der Waals surface area contributed by atoms with Crippen LogP contribution >= 0.6 is 0 Å². The Morgan fingerprint density at radius 3 is 2.54 bits per heavy atom. The second kappa shape index (κ2) is 7.31. The summed E-state index contributed by atoms with van der Waals surface area (Å²) in [5.41, 5.74) is 4.64. The van der Waals surface area contributed by atoms with Gasteiger partial charge < -0.3 is 9.30 Å². The number of rotatable bonds is 5. The lowest BCUT2D eigenvalue weighted by Crippen LogP contribution is -2.07. The Hall–Kier alpha value is -3.41. The van der Waals surface area contributed by atoms with E-state index in [2.05, 4.69) is 16.6 Å². The maximum atomic E-state index is 14.0. The van der Waals surface area contributed by atoms with E-state index in [4.69, 9.17) is 9.72 Å². The Kier molecular flexibility index (Phi) is 4.69. The molecule has 2 aromatic carbocycles. The van der Waals surface area contributed by atoms with Crippen molar-refractivity contribution in [2.24, 2.45) is 7.05 Å². The molecule has 0 aliphatic heterocycles. The second-order valence-electron chi connectivity index (χ2n) is 6.69. The van der Waals surface area contributed by atoms with Crippen LogP contribution in [0.2, 0.25) is 0 Å². The van der Waals surface area contributed by atoms with Crippen molar-refractivity contribution in [3.8, 4) is 28.3 Å². The van der Waals surface area contributed by atoms with E-state index in [-0.39, 0.29) is 17.6 Å². The van der Waals surface area contributed by atoms with Gasteiger partial charge in [0.25, 0.3) is 0 Å². The largest absolute Gasteiger partial charge is 0.494 e. The molecule has 5 nitrogen and oxygen atoms in total. The van der Waals surface area contributed by atoms with Crippen LogP contribution in [-0.2, 0) is 7.05 Å². The zero-order chi connectivity index (χ0) is 19.7. The van der Waals surface area contributed by atoms with Crippen molar-refractivity contribution in [1.82, 2.24) is 19.3 Å². The molecule has 4 rings (SSSR count). The highest BCUT2D eigenvalue weighted by Gasteiger charge is 2.21. The van der Waals surface area contributed by atoms with E-state index in [1.807, 2.05) is 56.1 Å². The van der Waals surface area contributed by atoms with Crippen LogP contribution in [0.1, 0.15) is 18.5 Å². The van der Waals surface area contributed by atoms with Crippen LogP contribution in [-0.4, -0.2) is 26.4 Å². The lowest BCUT2D eigenvalue weighted by atomic mass is 10.0. The van der Waals surface area contributed by atoms with Gasteiger partial charge in [0, 0.05) is 29.9 Å². The average molecular weight is 376 g/mol. The number of halogens is 1. The lowest BCUT2D eigenvalue weighted by molar-refractivity contribution is 0.386. The van der Waals surface area contributed by atoms with Gasteiger partial charge in [-0.25, -0.2) is 9.37 Å². The van der Waals surface area contributed by atoms with Gasteiger partial charge in [-0.3, -0.25) is 4.68 Å². The van der Waals surface area contributed by atoms with E-state index >= 15 is 0 Å². The van der Waals surface area contributed by atoms with Gasteiger partial charge in [0.1, 0.15) is 0 Å². The second-order valence-corrected chi connectivity index (χ2v) is 6.69. The summed E-state index contributed by atoms with van der Waals surface area (Å²) in [6.07, 6.45) is 5.66. The van der Waals surface area contributed by atoms with E-state index in [1.54, 1.807) is 16.8 Å². The molecular formula is C22H21FN4O. The Morgan fingerprint density at radius 2 is 1.86 bits per heavy atom. The SMILES string of the molecule is COc1cc(-c2c(-c3ccccc3)ncn2C(C)c2cnn(C)c2)ccc1F. The molecule has 142 valence electrons. The van der Waals surface area contributed by atoms with Crippen LogP contribution in [0.3, 0.4) is 0 Å². The number of hydrogen-bond donors (Lipinski definition) is 0. The molecule has 0 radical (unpaired) electrons. The zero-order valence-corrected chi connectivity index (χ0v) is 16.0. The topological polar surface area (TPSA) is 44.9 Å². The van der Waals surface area contributed by atoms with E-state index in [1.165, 1.54) is 13.2 Å². The zero-order valence-electron chi connectivity index (χ0n) is 16.0. The molecule has 28 heavy (non-hydrogen) atoms. The van der Waals surface area contributed by atoms with Gasteiger partial charge in [0.2, 0.25) is 0 Å². The Balaban J connectivity index is 1.92. The Labute approximate surface area is 163 Å². The lowest BCUT2D eigenvalue weighted by Gasteiger charge is -2.17. The minimum atomic E-state index is -0.390. The molecule has 0 aliphatic carbocycles. The van der Waals surface area contributed by atoms with E-state index in [9.17, 15) is 4.39 Å². The van der Waals surface area contributed by atoms with Gasteiger partial charge in [0.05, 0.1) is 37.1 Å². The molecule has 6 heteroatoms. The van der Waals surface area contributed by atoms with Gasteiger partial charge in [0.15, 0.2) is 11.6 Å². The highest BCUT2D eigenvalue weighted by molar-refractivity contribution is 5.79. The number of nitrogens with zero attached hydrogens (tertiary/aromatic N) is 4. The molecule has 0 amide bonds. The number of methoxy groups -OCH3 is 1. The van der Waals surface area contributed by atoms with Crippen molar-refractivity contribution in [2.45, 2.75) is 13.0 Å². The van der Waals surface area contributed by atoms with Gasteiger partial charge in [-0.1, -0.05) is 30.3 Å².